The molecule has 1 aromatic carbocycles. The van der Waals surface area contributed by atoms with E-state index in [9.17, 15) is 0 Å². The van der Waals surface area contributed by atoms with Crippen LogP contribution in [0.15, 0.2) is 35.3 Å². The molecule has 1 rings (SSSR count). The fourth-order valence-corrected chi connectivity index (χ4v) is 1.81. The third kappa shape index (κ3) is 8.19. The van der Waals surface area contributed by atoms with Crippen molar-refractivity contribution in [2.45, 2.75) is 26.3 Å². The first kappa shape index (κ1) is 17.3. The number of nitrogens with one attached hydrogen (secondary N) is 2. The van der Waals surface area contributed by atoms with E-state index in [1.165, 1.54) is 0 Å². The van der Waals surface area contributed by atoms with E-state index in [-0.39, 0.29) is 6.04 Å². The van der Waals surface area contributed by atoms with Crippen molar-refractivity contribution in [1.82, 2.24) is 10.6 Å². The van der Waals surface area contributed by atoms with Gasteiger partial charge in [0.15, 0.2) is 5.96 Å². The van der Waals surface area contributed by atoms with Gasteiger partial charge in [0.1, 0.15) is 5.75 Å². The van der Waals surface area contributed by atoms with Crippen molar-refractivity contribution in [3.63, 3.8) is 0 Å². The van der Waals surface area contributed by atoms with Crippen LogP contribution in [0.25, 0.3) is 0 Å². The van der Waals surface area contributed by atoms with Crippen LogP contribution in [-0.4, -0.2) is 45.4 Å². The summed E-state index contributed by atoms with van der Waals surface area (Å²) in [4.78, 5) is 4.53. The van der Waals surface area contributed by atoms with Gasteiger partial charge in [-0.1, -0.05) is 18.2 Å². The van der Waals surface area contributed by atoms with Crippen molar-refractivity contribution in [3.8, 4) is 5.75 Å². The molecule has 5 heteroatoms. The Kier molecular flexibility index (Phi) is 9.04. The summed E-state index contributed by atoms with van der Waals surface area (Å²) in [6, 6.07) is 10.1. The van der Waals surface area contributed by atoms with Crippen molar-refractivity contribution >= 4 is 5.96 Å². The van der Waals surface area contributed by atoms with E-state index in [2.05, 4.69) is 29.5 Å². The molecule has 0 bridgehead atoms. The summed E-state index contributed by atoms with van der Waals surface area (Å²) in [7, 11) is 1.70. The number of guanidine groups is 1. The van der Waals surface area contributed by atoms with Crippen LogP contribution >= 0.6 is 0 Å². The van der Waals surface area contributed by atoms with E-state index < -0.39 is 0 Å². The van der Waals surface area contributed by atoms with Crippen LogP contribution in [0, 0.1) is 0 Å². The van der Waals surface area contributed by atoms with Gasteiger partial charge < -0.3 is 20.1 Å². The largest absolute Gasteiger partial charge is 0.494 e. The van der Waals surface area contributed by atoms with E-state index in [1.807, 2.05) is 30.3 Å². The number of ether oxygens (including phenoxy) is 2. The number of rotatable bonds is 9. The molecule has 0 saturated heterocycles. The first-order valence-electron chi connectivity index (χ1n) is 7.48. The van der Waals surface area contributed by atoms with Gasteiger partial charge in [0.25, 0.3) is 0 Å². The predicted molar refractivity (Wildman–Crippen MR) is 87.0 cm³/mol. The number of hydrogen-bond acceptors (Lipinski definition) is 3. The van der Waals surface area contributed by atoms with Crippen molar-refractivity contribution in [1.29, 1.82) is 0 Å². The number of nitrogens with zero attached hydrogens (tertiary/aromatic N) is 1. The third-order valence-corrected chi connectivity index (χ3v) is 2.73. The highest BCUT2D eigenvalue weighted by atomic mass is 16.5. The van der Waals surface area contributed by atoms with Crippen molar-refractivity contribution < 1.29 is 9.47 Å². The first-order valence-corrected chi connectivity index (χ1v) is 7.48. The topological polar surface area (TPSA) is 54.9 Å². The Labute approximate surface area is 127 Å². The molecule has 0 aliphatic rings. The van der Waals surface area contributed by atoms with Gasteiger partial charge in [0.05, 0.1) is 13.2 Å². The summed E-state index contributed by atoms with van der Waals surface area (Å²) < 4.78 is 10.7. The molecule has 2 N–H and O–H groups in total. The lowest BCUT2D eigenvalue weighted by Gasteiger charge is -2.16. The number of aliphatic imine (C=N–C) groups is 1. The summed E-state index contributed by atoms with van der Waals surface area (Å²) in [5, 5.41) is 6.52. The van der Waals surface area contributed by atoms with Crippen molar-refractivity contribution in [2.24, 2.45) is 4.99 Å². The first-order chi connectivity index (χ1) is 10.3. The van der Waals surface area contributed by atoms with Gasteiger partial charge in [-0.2, -0.15) is 0 Å². The van der Waals surface area contributed by atoms with Crippen LogP contribution in [0.4, 0.5) is 0 Å². The van der Waals surface area contributed by atoms with E-state index in [4.69, 9.17) is 9.47 Å². The highest BCUT2D eigenvalue weighted by Crippen LogP contribution is 2.08. The average Bonchev–Trinajstić information content (AvgIpc) is 2.48. The van der Waals surface area contributed by atoms with Gasteiger partial charge in [-0.3, -0.25) is 4.99 Å². The molecule has 0 saturated carbocycles. The number of para-hydroxylation sites is 1. The zero-order valence-electron chi connectivity index (χ0n) is 13.3. The predicted octanol–water partition coefficient (Wildman–Crippen LogP) is 2.05. The molecule has 118 valence electrons. The van der Waals surface area contributed by atoms with Crippen LogP contribution in [0.2, 0.25) is 0 Å². The highest BCUT2D eigenvalue weighted by Gasteiger charge is 2.03. The molecule has 0 aliphatic carbocycles. The second kappa shape index (κ2) is 11.0. The van der Waals surface area contributed by atoms with Gasteiger partial charge in [-0.15, -0.1) is 0 Å². The Balaban J connectivity index is 2.26. The minimum Gasteiger partial charge on any atom is -0.494 e. The molecular formula is C16H27N3O2. The lowest BCUT2D eigenvalue weighted by Crippen LogP contribution is -2.44. The highest BCUT2D eigenvalue weighted by molar-refractivity contribution is 5.80. The zero-order chi connectivity index (χ0) is 15.3. The van der Waals surface area contributed by atoms with E-state index >= 15 is 0 Å². The summed E-state index contributed by atoms with van der Waals surface area (Å²) in [6.07, 6.45) is 0.879. The Morgan fingerprint density at radius 1 is 1.29 bits per heavy atom. The SMILES string of the molecule is CCNC(=NCCCOc1ccccc1)NC(C)COC. The van der Waals surface area contributed by atoms with Gasteiger partial charge in [0.2, 0.25) is 0 Å². The van der Waals surface area contributed by atoms with Gasteiger partial charge in [0, 0.05) is 32.7 Å². The minimum atomic E-state index is 0.230. The molecule has 0 heterocycles. The van der Waals surface area contributed by atoms with Gasteiger partial charge in [-0.05, 0) is 26.0 Å². The third-order valence-electron chi connectivity index (χ3n) is 2.73. The lowest BCUT2D eigenvalue weighted by molar-refractivity contribution is 0.179. The Morgan fingerprint density at radius 3 is 2.71 bits per heavy atom. The molecule has 0 fully saturated rings. The molecule has 0 radical (unpaired) electrons. The molecular weight excluding hydrogens is 266 g/mol. The fourth-order valence-electron chi connectivity index (χ4n) is 1.81. The lowest BCUT2D eigenvalue weighted by atomic mass is 10.3. The maximum absolute atomic E-state index is 5.64. The summed E-state index contributed by atoms with van der Waals surface area (Å²) in [5.41, 5.74) is 0. The molecule has 0 spiro atoms. The molecule has 0 aromatic heterocycles. The molecule has 5 nitrogen and oxygen atoms in total. The van der Waals surface area contributed by atoms with Crippen molar-refractivity contribution in [3.05, 3.63) is 30.3 Å². The van der Waals surface area contributed by atoms with Crippen LogP contribution < -0.4 is 15.4 Å². The van der Waals surface area contributed by atoms with Gasteiger partial charge in [-0.25, -0.2) is 0 Å². The molecule has 0 aliphatic heterocycles. The quantitative estimate of drug-likeness (QED) is 0.416. The summed E-state index contributed by atoms with van der Waals surface area (Å²) >= 11 is 0. The monoisotopic (exact) mass is 293 g/mol. The normalized spacial score (nSPS) is 12.8. The second-order valence-corrected chi connectivity index (χ2v) is 4.78. The standard InChI is InChI=1S/C16H27N3O2/c1-4-17-16(19-14(2)13-20-3)18-11-8-12-21-15-9-6-5-7-10-15/h5-7,9-10,14H,4,8,11-13H2,1-3H3,(H2,17,18,19). The average molecular weight is 293 g/mol. The number of hydrogen-bond donors (Lipinski definition) is 2. The fraction of sp³-hybridized carbons (Fsp3) is 0.562. The number of benzene rings is 1. The van der Waals surface area contributed by atoms with Gasteiger partial charge >= 0.3 is 0 Å². The maximum atomic E-state index is 5.64. The second-order valence-electron chi connectivity index (χ2n) is 4.78. The van der Waals surface area contributed by atoms with E-state index in [0.717, 1.165) is 31.2 Å². The Morgan fingerprint density at radius 2 is 2.05 bits per heavy atom. The van der Waals surface area contributed by atoms with Crippen LogP contribution in [0.3, 0.4) is 0 Å². The molecule has 1 unspecified atom stereocenters. The molecule has 1 aromatic rings. The van der Waals surface area contributed by atoms with Crippen LogP contribution in [-0.2, 0) is 4.74 Å². The minimum absolute atomic E-state index is 0.230. The van der Waals surface area contributed by atoms with Crippen LogP contribution in [0.5, 0.6) is 5.75 Å². The molecule has 21 heavy (non-hydrogen) atoms. The Hall–Kier alpha value is -1.75. The summed E-state index contributed by atoms with van der Waals surface area (Å²) in [6.45, 7) is 7.00. The number of methoxy groups -OCH3 is 1. The maximum Gasteiger partial charge on any atom is 0.191 e. The summed E-state index contributed by atoms with van der Waals surface area (Å²) in [5.74, 6) is 1.72. The molecule has 1 atom stereocenters. The van der Waals surface area contributed by atoms with Crippen LogP contribution in [0.1, 0.15) is 20.3 Å². The van der Waals surface area contributed by atoms with E-state index in [0.29, 0.717) is 13.2 Å². The smallest absolute Gasteiger partial charge is 0.191 e. The molecule has 0 amide bonds. The zero-order valence-corrected chi connectivity index (χ0v) is 13.3. The van der Waals surface area contributed by atoms with E-state index in [1.54, 1.807) is 7.11 Å². The van der Waals surface area contributed by atoms with Crippen molar-refractivity contribution in [2.75, 3.05) is 33.4 Å². The Bertz CT molecular complexity index is 396.